The van der Waals surface area contributed by atoms with Crippen LogP contribution in [0.25, 0.3) is 0 Å². The maximum Gasteiger partial charge on any atom is 0.338 e. The summed E-state index contributed by atoms with van der Waals surface area (Å²) in [5.74, 6) is -1.59. The summed E-state index contributed by atoms with van der Waals surface area (Å²) in [6.07, 6.45) is 0. The summed E-state index contributed by atoms with van der Waals surface area (Å²) in [5, 5.41) is 9.82. The SMILES string of the molecule is O=C(O)c1ccc(CSc2c(Cl)cccc2Cl)cc1F. The van der Waals surface area contributed by atoms with E-state index in [4.69, 9.17) is 28.3 Å². The highest BCUT2D eigenvalue weighted by molar-refractivity contribution is 7.98. The third-order valence-corrected chi connectivity index (χ3v) is 4.63. The molecule has 0 heterocycles. The fourth-order valence-corrected chi connectivity index (χ4v) is 3.22. The van der Waals surface area contributed by atoms with E-state index < -0.39 is 11.8 Å². The van der Waals surface area contributed by atoms with Crippen molar-refractivity contribution < 1.29 is 14.3 Å². The second-order valence-corrected chi connectivity index (χ2v) is 5.76. The first kappa shape index (κ1) is 15.2. The highest BCUT2D eigenvalue weighted by atomic mass is 35.5. The van der Waals surface area contributed by atoms with Crippen LogP contribution in [0.1, 0.15) is 15.9 Å². The molecule has 0 amide bonds. The van der Waals surface area contributed by atoms with E-state index in [0.717, 1.165) is 4.90 Å². The van der Waals surface area contributed by atoms with Gasteiger partial charge in [-0.1, -0.05) is 35.3 Å². The maximum absolute atomic E-state index is 13.5. The molecule has 20 heavy (non-hydrogen) atoms. The topological polar surface area (TPSA) is 37.3 Å². The van der Waals surface area contributed by atoms with E-state index in [9.17, 15) is 9.18 Å². The predicted octanol–water partition coefficient (Wildman–Crippen LogP) is 5.12. The van der Waals surface area contributed by atoms with Crippen molar-refractivity contribution in [3.63, 3.8) is 0 Å². The number of carboxylic acid groups (broad SMARTS) is 1. The first-order valence-electron chi connectivity index (χ1n) is 5.57. The van der Waals surface area contributed by atoms with Crippen molar-refractivity contribution in [3.05, 3.63) is 63.4 Å². The predicted molar refractivity (Wildman–Crippen MR) is 79.4 cm³/mol. The Morgan fingerprint density at radius 3 is 2.40 bits per heavy atom. The molecule has 0 atom stereocenters. The number of carboxylic acids is 1. The molecule has 2 aromatic carbocycles. The minimum atomic E-state index is -1.28. The Morgan fingerprint density at radius 1 is 1.20 bits per heavy atom. The molecule has 6 heteroatoms. The van der Waals surface area contributed by atoms with Gasteiger partial charge in [0.25, 0.3) is 0 Å². The quantitative estimate of drug-likeness (QED) is 0.790. The molecule has 0 spiro atoms. The second kappa shape index (κ2) is 6.48. The van der Waals surface area contributed by atoms with Gasteiger partial charge in [-0.3, -0.25) is 0 Å². The van der Waals surface area contributed by atoms with Crippen LogP contribution in [0.5, 0.6) is 0 Å². The summed E-state index contributed by atoms with van der Waals surface area (Å²) >= 11 is 13.4. The number of hydrogen-bond acceptors (Lipinski definition) is 2. The number of halogens is 3. The Labute approximate surface area is 129 Å². The molecule has 0 radical (unpaired) electrons. The van der Waals surface area contributed by atoms with E-state index in [0.29, 0.717) is 21.4 Å². The minimum Gasteiger partial charge on any atom is -0.478 e. The molecular formula is C14H9Cl2FO2S. The molecule has 2 rings (SSSR count). The Morgan fingerprint density at radius 2 is 1.85 bits per heavy atom. The first-order valence-corrected chi connectivity index (χ1v) is 7.31. The molecule has 0 aliphatic heterocycles. The van der Waals surface area contributed by atoms with Crippen molar-refractivity contribution in [2.75, 3.05) is 0 Å². The summed E-state index contributed by atoms with van der Waals surface area (Å²) < 4.78 is 13.5. The molecule has 0 aliphatic carbocycles. The van der Waals surface area contributed by atoms with Gasteiger partial charge in [0, 0.05) is 10.6 Å². The fourth-order valence-electron chi connectivity index (χ4n) is 1.60. The summed E-state index contributed by atoms with van der Waals surface area (Å²) in [4.78, 5) is 11.4. The van der Waals surface area contributed by atoms with Crippen LogP contribution in [0.4, 0.5) is 4.39 Å². The lowest BCUT2D eigenvalue weighted by molar-refractivity contribution is 0.0692. The molecule has 0 unspecified atom stereocenters. The highest BCUT2D eigenvalue weighted by Crippen LogP contribution is 2.35. The van der Waals surface area contributed by atoms with Gasteiger partial charge in [0.2, 0.25) is 0 Å². The Hall–Kier alpha value is -1.23. The number of carbonyl (C=O) groups is 1. The lowest BCUT2D eigenvalue weighted by atomic mass is 10.1. The van der Waals surface area contributed by atoms with Crippen molar-refractivity contribution in [1.82, 2.24) is 0 Å². The summed E-state index contributed by atoms with van der Waals surface area (Å²) in [7, 11) is 0. The summed E-state index contributed by atoms with van der Waals surface area (Å²) in [6, 6.07) is 9.23. The highest BCUT2D eigenvalue weighted by Gasteiger charge is 2.11. The fraction of sp³-hybridized carbons (Fsp3) is 0.0714. The van der Waals surface area contributed by atoms with E-state index >= 15 is 0 Å². The molecule has 0 saturated heterocycles. The van der Waals surface area contributed by atoms with Gasteiger partial charge in [0.15, 0.2) is 0 Å². The van der Waals surface area contributed by atoms with Gasteiger partial charge >= 0.3 is 5.97 Å². The van der Waals surface area contributed by atoms with Crippen molar-refractivity contribution in [3.8, 4) is 0 Å². The molecule has 0 saturated carbocycles. The van der Waals surface area contributed by atoms with Gasteiger partial charge in [-0.2, -0.15) is 0 Å². The first-order chi connectivity index (χ1) is 9.49. The molecule has 0 fully saturated rings. The van der Waals surface area contributed by atoms with Gasteiger partial charge in [0.1, 0.15) is 5.82 Å². The second-order valence-electron chi connectivity index (χ2n) is 3.96. The molecule has 104 valence electrons. The third-order valence-electron chi connectivity index (χ3n) is 2.57. The van der Waals surface area contributed by atoms with Crippen LogP contribution in [-0.4, -0.2) is 11.1 Å². The number of hydrogen-bond donors (Lipinski definition) is 1. The Balaban J connectivity index is 2.16. The third kappa shape index (κ3) is 3.45. The van der Waals surface area contributed by atoms with Crippen molar-refractivity contribution in [1.29, 1.82) is 0 Å². The Kier molecular flexibility index (Phi) is 4.91. The molecule has 0 aromatic heterocycles. The average molecular weight is 331 g/mol. The molecular weight excluding hydrogens is 322 g/mol. The van der Waals surface area contributed by atoms with Crippen molar-refractivity contribution in [2.24, 2.45) is 0 Å². The van der Waals surface area contributed by atoms with Gasteiger partial charge in [-0.15, -0.1) is 11.8 Å². The van der Waals surface area contributed by atoms with Gasteiger partial charge < -0.3 is 5.11 Å². The number of aromatic carboxylic acids is 1. The molecule has 0 aliphatic rings. The monoisotopic (exact) mass is 330 g/mol. The number of benzene rings is 2. The zero-order valence-corrected chi connectivity index (χ0v) is 12.4. The summed E-state index contributed by atoms with van der Waals surface area (Å²) in [5.41, 5.74) is 0.322. The van der Waals surface area contributed by atoms with Crippen LogP contribution in [0.3, 0.4) is 0 Å². The smallest absolute Gasteiger partial charge is 0.338 e. The van der Waals surface area contributed by atoms with Crippen LogP contribution >= 0.6 is 35.0 Å². The van der Waals surface area contributed by atoms with E-state index in [1.54, 1.807) is 24.3 Å². The minimum absolute atomic E-state index is 0.338. The van der Waals surface area contributed by atoms with E-state index in [1.807, 2.05) is 0 Å². The zero-order chi connectivity index (χ0) is 14.7. The lowest BCUT2D eigenvalue weighted by Crippen LogP contribution is -2.00. The van der Waals surface area contributed by atoms with Gasteiger partial charge in [-0.05, 0) is 29.8 Å². The normalized spacial score (nSPS) is 10.6. The van der Waals surface area contributed by atoms with Crippen LogP contribution in [0, 0.1) is 5.82 Å². The average Bonchev–Trinajstić information content (AvgIpc) is 2.37. The van der Waals surface area contributed by atoms with Gasteiger partial charge in [-0.25, -0.2) is 9.18 Å². The maximum atomic E-state index is 13.5. The number of rotatable bonds is 4. The summed E-state index contributed by atoms with van der Waals surface area (Å²) in [6.45, 7) is 0. The lowest BCUT2D eigenvalue weighted by Gasteiger charge is -2.07. The Bertz CT molecular complexity index is 641. The number of thioether (sulfide) groups is 1. The molecule has 0 bridgehead atoms. The molecule has 2 nitrogen and oxygen atoms in total. The van der Waals surface area contributed by atoms with Crippen LogP contribution in [-0.2, 0) is 5.75 Å². The van der Waals surface area contributed by atoms with Crippen LogP contribution in [0.15, 0.2) is 41.3 Å². The van der Waals surface area contributed by atoms with Crippen molar-refractivity contribution in [2.45, 2.75) is 10.6 Å². The largest absolute Gasteiger partial charge is 0.478 e. The van der Waals surface area contributed by atoms with Gasteiger partial charge in [0.05, 0.1) is 15.6 Å². The van der Waals surface area contributed by atoms with Crippen molar-refractivity contribution >= 4 is 40.9 Å². The van der Waals surface area contributed by atoms with E-state index in [-0.39, 0.29) is 5.56 Å². The zero-order valence-electron chi connectivity index (χ0n) is 10.1. The molecule has 1 N–H and O–H groups in total. The van der Waals surface area contributed by atoms with Crippen LogP contribution < -0.4 is 0 Å². The van der Waals surface area contributed by atoms with Crippen LogP contribution in [0.2, 0.25) is 10.0 Å². The van der Waals surface area contributed by atoms with E-state index in [2.05, 4.69) is 0 Å². The standard InChI is InChI=1S/C14H9Cl2FO2S/c15-10-2-1-3-11(16)13(10)20-7-8-4-5-9(14(18)19)12(17)6-8/h1-6H,7H2,(H,18,19). The molecule has 2 aromatic rings. The van der Waals surface area contributed by atoms with E-state index in [1.165, 1.54) is 23.9 Å².